The first-order chi connectivity index (χ1) is 13.0. The molecule has 4 nitrogen and oxygen atoms in total. The largest absolute Gasteiger partial charge is 0.479 e. The van der Waals surface area contributed by atoms with E-state index in [2.05, 4.69) is 0 Å². The third-order valence-corrected chi connectivity index (χ3v) is 6.23. The van der Waals surface area contributed by atoms with Crippen LogP contribution in [0.1, 0.15) is 65.1 Å². The van der Waals surface area contributed by atoms with Crippen LogP contribution in [0.4, 0.5) is 0 Å². The lowest BCUT2D eigenvalue weighted by molar-refractivity contribution is -0.160. The summed E-state index contributed by atoms with van der Waals surface area (Å²) in [5, 5.41) is 10.0. The molecule has 2 aromatic carbocycles. The number of benzene rings is 2. The molecule has 0 saturated heterocycles. The summed E-state index contributed by atoms with van der Waals surface area (Å²) in [6, 6.07) is 8.08. The van der Waals surface area contributed by atoms with E-state index in [4.69, 9.17) is 4.74 Å². The molecule has 5 heteroatoms. The SMILES string of the molecule is Cc1ccc(-c2c(C)c3c(c(C)c2C(OC(C)(C)C)C(=O)O)C(=O)PC3)cc1. The summed E-state index contributed by atoms with van der Waals surface area (Å²) in [5.74, 6) is -1.04. The molecule has 1 aliphatic rings. The van der Waals surface area contributed by atoms with Crippen LogP contribution in [0.5, 0.6) is 0 Å². The van der Waals surface area contributed by atoms with Gasteiger partial charge in [-0.2, -0.15) is 0 Å². The first-order valence-electron chi connectivity index (χ1n) is 9.43. The normalized spacial score (nSPS) is 15.7. The van der Waals surface area contributed by atoms with E-state index >= 15 is 0 Å². The van der Waals surface area contributed by atoms with Crippen molar-refractivity contribution in [2.75, 3.05) is 0 Å². The van der Waals surface area contributed by atoms with Crippen LogP contribution in [0.15, 0.2) is 24.3 Å². The Labute approximate surface area is 168 Å². The fraction of sp³-hybridized carbons (Fsp3) is 0.391. The second kappa shape index (κ2) is 7.42. The van der Waals surface area contributed by atoms with Gasteiger partial charge in [0.25, 0.3) is 0 Å². The molecule has 0 spiro atoms. The van der Waals surface area contributed by atoms with Gasteiger partial charge in [0, 0.05) is 11.1 Å². The number of hydrogen-bond donors (Lipinski definition) is 1. The Hall–Kier alpha value is -2.03. The number of aliphatic carboxylic acids is 1. The molecule has 0 bridgehead atoms. The highest BCUT2D eigenvalue weighted by atomic mass is 31.1. The van der Waals surface area contributed by atoms with Crippen molar-refractivity contribution in [1.82, 2.24) is 0 Å². The average Bonchev–Trinajstić information content (AvgIpc) is 2.98. The van der Waals surface area contributed by atoms with Gasteiger partial charge in [-0.25, -0.2) is 4.79 Å². The highest BCUT2D eigenvalue weighted by molar-refractivity contribution is 7.59. The molecule has 0 amide bonds. The van der Waals surface area contributed by atoms with Crippen LogP contribution in [0, 0.1) is 20.8 Å². The second-order valence-electron chi connectivity index (χ2n) is 8.39. The van der Waals surface area contributed by atoms with Gasteiger partial charge in [0.05, 0.1) is 5.60 Å². The maximum atomic E-state index is 12.6. The molecule has 2 atom stereocenters. The maximum absolute atomic E-state index is 12.6. The molecular formula is C23H27O4P. The number of carbonyl (C=O) groups is 2. The smallest absolute Gasteiger partial charge is 0.337 e. The highest BCUT2D eigenvalue weighted by Crippen LogP contribution is 2.47. The Morgan fingerprint density at radius 3 is 2.21 bits per heavy atom. The van der Waals surface area contributed by atoms with Gasteiger partial charge in [0.2, 0.25) is 0 Å². The molecular weight excluding hydrogens is 371 g/mol. The predicted octanol–water partition coefficient (Wildman–Crippen LogP) is 5.55. The lowest BCUT2D eigenvalue weighted by Gasteiger charge is -2.29. The van der Waals surface area contributed by atoms with E-state index in [1.165, 1.54) is 0 Å². The predicted molar refractivity (Wildman–Crippen MR) is 114 cm³/mol. The standard InChI is InChI=1S/C23H27O4P/c1-12-7-9-15(10-8-12)17-13(2)16-11-28-22(26)18(16)14(3)19(17)20(21(24)25)27-23(4,5)6/h7-10,20,28H,11H2,1-6H3,(H,24,25). The third-order valence-electron chi connectivity index (χ3n) is 5.13. The molecule has 2 unspecified atom stereocenters. The van der Waals surface area contributed by atoms with Crippen molar-refractivity contribution in [3.63, 3.8) is 0 Å². The number of rotatable bonds is 4. The van der Waals surface area contributed by atoms with Gasteiger partial charge in [0.1, 0.15) is 0 Å². The summed E-state index contributed by atoms with van der Waals surface area (Å²) in [5.41, 5.74) is 6.53. The summed E-state index contributed by atoms with van der Waals surface area (Å²) in [6.45, 7) is 11.4. The first-order valence-corrected chi connectivity index (χ1v) is 10.6. The van der Waals surface area contributed by atoms with E-state index < -0.39 is 17.7 Å². The van der Waals surface area contributed by atoms with E-state index in [1.54, 1.807) is 0 Å². The van der Waals surface area contributed by atoms with Gasteiger partial charge >= 0.3 is 5.97 Å². The molecule has 0 aromatic heterocycles. The maximum Gasteiger partial charge on any atom is 0.337 e. The van der Waals surface area contributed by atoms with Gasteiger partial charge < -0.3 is 9.84 Å². The Morgan fingerprint density at radius 2 is 1.68 bits per heavy atom. The number of aryl methyl sites for hydroxylation is 1. The summed E-state index contributed by atoms with van der Waals surface area (Å²) in [4.78, 5) is 24.8. The third kappa shape index (κ3) is 3.76. The minimum absolute atomic E-state index is 0.118. The number of ether oxygens (including phenoxy) is 1. The Balaban J connectivity index is 2.37. The monoisotopic (exact) mass is 398 g/mol. The summed E-state index contributed by atoms with van der Waals surface area (Å²) in [7, 11) is 0.212. The minimum atomic E-state index is -1.14. The van der Waals surface area contributed by atoms with Crippen molar-refractivity contribution in [2.24, 2.45) is 0 Å². The van der Waals surface area contributed by atoms with Crippen LogP contribution in [0.2, 0.25) is 0 Å². The zero-order valence-electron chi connectivity index (χ0n) is 17.3. The van der Waals surface area contributed by atoms with Crippen molar-refractivity contribution < 1.29 is 19.4 Å². The molecule has 3 rings (SSSR count). The van der Waals surface area contributed by atoms with Gasteiger partial charge in [-0.15, -0.1) is 0 Å². The molecule has 28 heavy (non-hydrogen) atoms. The minimum Gasteiger partial charge on any atom is -0.479 e. The van der Waals surface area contributed by atoms with Gasteiger partial charge in [0.15, 0.2) is 11.6 Å². The molecule has 0 saturated carbocycles. The Bertz CT molecular complexity index is 952. The number of fused-ring (bicyclic) bond motifs is 1. The van der Waals surface area contributed by atoms with Crippen molar-refractivity contribution >= 4 is 20.1 Å². The van der Waals surface area contributed by atoms with Crippen LogP contribution in [-0.2, 0) is 15.7 Å². The summed E-state index contributed by atoms with van der Waals surface area (Å²) >= 11 is 0. The van der Waals surface area contributed by atoms with Gasteiger partial charge in [-0.3, -0.25) is 4.79 Å². The Kier molecular flexibility index (Phi) is 5.49. The van der Waals surface area contributed by atoms with Crippen LogP contribution >= 0.6 is 8.58 Å². The van der Waals surface area contributed by atoms with Crippen molar-refractivity contribution in [2.45, 2.75) is 59.4 Å². The Morgan fingerprint density at radius 1 is 1.07 bits per heavy atom. The number of carbonyl (C=O) groups excluding carboxylic acids is 1. The lowest BCUT2D eigenvalue weighted by Crippen LogP contribution is -2.29. The molecule has 2 aromatic rings. The van der Waals surface area contributed by atoms with E-state index in [1.807, 2.05) is 65.8 Å². The van der Waals surface area contributed by atoms with Crippen LogP contribution < -0.4 is 0 Å². The van der Waals surface area contributed by atoms with Gasteiger partial charge in [-0.1, -0.05) is 29.8 Å². The zero-order valence-corrected chi connectivity index (χ0v) is 18.3. The van der Waals surface area contributed by atoms with E-state index in [-0.39, 0.29) is 14.1 Å². The van der Waals surface area contributed by atoms with Crippen molar-refractivity contribution in [3.05, 3.63) is 57.6 Å². The quantitative estimate of drug-likeness (QED) is 0.686. The van der Waals surface area contributed by atoms with Crippen molar-refractivity contribution in [1.29, 1.82) is 0 Å². The van der Waals surface area contributed by atoms with Crippen LogP contribution in [-0.4, -0.2) is 22.2 Å². The number of carboxylic acid groups (broad SMARTS) is 1. The van der Waals surface area contributed by atoms with Crippen LogP contribution in [0.3, 0.4) is 0 Å². The van der Waals surface area contributed by atoms with Crippen molar-refractivity contribution in [3.8, 4) is 11.1 Å². The fourth-order valence-corrected chi connectivity index (χ4v) is 5.18. The lowest BCUT2D eigenvalue weighted by atomic mass is 9.83. The van der Waals surface area contributed by atoms with Gasteiger partial charge in [-0.05, 0) is 84.1 Å². The molecule has 148 valence electrons. The zero-order chi connectivity index (χ0) is 20.8. The molecule has 1 aliphatic heterocycles. The molecule has 1 heterocycles. The second-order valence-corrected chi connectivity index (χ2v) is 9.55. The fourth-order valence-electron chi connectivity index (χ4n) is 3.88. The summed E-state index contributed by atoms with van der Waals surface area (Å²) < 4.78 is 5.99. The summed E-state index contributed by atoms with van der Waals surface area (Å²) in [6.07, 6.45) is -0.408. The average molecular weight is 398 g/mol. The highest BCUT2D eigenvalue weighted by Gasteiger charge is 2.36. The number of carboxylic acids is 1. The van der Waals surface area contributed by atoms with E-state index in [0.29, 0.717) is 11.1 Å². The van der Waals surface area contributed by atoms with E-state index in [9.17, 15) is 14.7 Å². The topological polar surface area (TPSA) is 63.6 Å². The molecule has 0 aliphatic carbocycles. The molecule has 0 radical (unpaired) electrons. The van der Waals surface area contributed by atoms with E-state index in [0.717, 1.165) is 39.5 Å². The number of hydrogen-bond acceptors (Lipinski definition) is 3. The molecule has 1 N–H and O–H groups in total. The van der Waals surface area contributed by atoms with Crippen LogP contribution in [0.25, 0.3) is 11.1 Å². The molecule has 0 fully saturated rings. The first kappa shape index (κ1) is 20.7.